The highest BCUT2D eigenvalue weighted by molar-refractivity contribution is 5.91. The Morgan fingerprint density at radius 3 is 2.47 bits per heavy atom. The standard InChI is InChI=1S/C22H16N6O2/c29-20(13-28-22(30)16-5-1-2-6-17(16)26-27-28)23-15-11-9-14(10-12-15)21-24-18-7-3-4-8-19(18)25-21/h1-12H,13H2,(H,23,29)(H,24,25). The lowest BCUT2D eigenvalue weighted by Gasteiger charge is -2.07. The second-order valence-corrected chi connectivity index (χ2v) is 6.80. The van der Waals surface area contributed by atoms with Gasteiger partial charge >= 0.3 is 0 Å². The molecule has 0 spiro atoms. The summed E-state index contributed by atoms with van der Waals surface area (Å²) in [6.07, 6.45) is 0. The number of carbonyl (C=O) groups excluding carboxylic acids is 1. The van der Waals surface area contributed by atoms with Gasteiger partial charge in [0.25, 0.3) is 5.56 Å². The monoisotopic (exact) mass is 396 g/mol. The summed E-state index contributed by atoms with van der Waals surface area (Å²) in [6.45, 7) is -0.220. The molecule has 0 unspecified atom stereocenters. The zero-order chi connectivity index (χ0) is 20.5. The van der Waals surface area contributed by atoms with Crippen molar-refractivity contribution >= 4 is 33.5 Å². The smallest absolute Gasteiger partial charge is 0.278 e. The molecule has 0 atom stereocenters. The number of nitrogens with one attached hydrogen (secondary N) is 2. The van der Waals surface area contributed by atoms with Crippen LogP contribution in [0.1, 0.15) is 0 Å². The average molecular weight is 396 g/mol. The second kappa shape index (κ2) is 7.25. The van der Waals surface area contributed by atoms with Crippen LogP contribution in [0.4, 0.5) is 5.69 Å². The SMILES string of the molecule is O=C(Cn1nnc2ccccc2c1=O)Nc1ccc(-c2nc3ccccc3[nH]2)cc1. The highest BCUT2D eigenvalue weighted by Gasteiger charge is 2.10. The van der Waals surface area contributed by atoms with Crippen LogP contribution in [-0.2, 0) is 11.3 Å². The van der Waals surface area contributed by atoms with E-state index in [1.54, 1.807) is 36.4 Å². The molecule has 0 aliphatic carbocycles. The number of aromatic nitrogens is 5. The highest BCUT2D eigenvalue weighted by atomic mass is 16.2. The first-order valence-electron chi connectivity index (χ1n) is 9.35. The first kappa shape index (κ1) is 17.7. The summed E-state index contributed by atoms with van der Waals surface area (Å²) in [7, 11) is 0. The summed E-state index contributed by atoms with van der Waals surface area (Å²) in [5.74, 6) is 0.394. The van der Waals surface area contributed by atoms with E-state index in [0.29, 0.717) is 16.6 Å². The van der Waals surface area contributed by atoms with Crippen LogP contribution in [-0.4, -0.2) is 30.9 Å². The Bertz CT molecular complexity index is 1400. The zero-order valence-corrected chi connectivity index (χ0v) is 15.7. The molecule has 2 N–H and O–H groups in total. The summed E-state index contributed by atoms with van der Waals surface area (Å²) >= 11 is 0. The van der Waals surface area contributed by atoms with Gasteiger partial charge in [-0.25, -0.2) is 9.67 Å². The quantitative estimate of drug-likeness (QED) is 0.486. The van der Waals surface area contributed by atoms with Crippen LogP contribution in [0.15, 0.2) is 77.6 Å². The van der Waals surface area contributed by atoms with Crippen LogP contribution in [0.2, 0.25) is 0 Å². The van der Waals surface area contributed by atoms with Crippen LogP contribution in [0.5, 0.6) is 0 Å². The van der Waals surface area contributed by atoms with Gasteiger partial charge in [-0.3, -0.25) is 9.59 Å². The van der Waals surface area contributed by atoms with E-state index in [0.717, 1.165) is 27.1 Å². The molecule has 1 amide bonds. The van der Waals surface area contributed by atoms with E-state index in [1.807, 2.05) is 36.4 Å². The Morgan fingerprint density at radius 1 is 0.933 bits per heavy atom. The highest BCUT2D eigenvalue weighted by Crippen LogP contribution is 2.22. The summed E-state index contributed by atoms with van der Waals surface area (Å²) < 4.78 is 1.06. The molecule has 8 heteroatoms. The van der Waals surface area contributed by atoms with E-state index in [2.05, 4.69) is 25.6 Å². The van der Waals surface area contributed by atoms with Gasteiger partial charge in [-0.2, -0.15) is 0 Å². The van der Waals surface area contributed by atoms with Gasteiger partial charge in [-0.1, -0.05) is 29.5 Å². The number of para-hydroxylation sites is 2. The fraction of sp³-hybridized carbons (Fsp3) is 0.0455. The fourth-order valence-corrected chi connectivity index (χ4v) is 3.26. The third kappa shape index (κ3) is 3.30. The van der Waals surface area contributed by atoms with Gasteiger partial charge in [-0.15, -0.1) is 5.10 Å². The number of amides is 1. The number of hydrogen-bond acceptors (Lipinski definition) is 5. The molecule has 2 heterocycles. The number of H-pyrrole nitrogens is 1. The lowest BCUT2D eigenvalue weighted by molar-refractivity contribution is -0.117. The topological polar surface area (TPSA) is 106 Å². The predicted molar refractivity (Wildman–Crippen MR) is 114 cm³/mol. The van der Waals surface area contributed by atoms with Crippen molar-refractivity contribution in [2.75, 3.05) is 5.32 Å². The summed E-state index contributed by atoms with van der Waals surface area (Å²) in [5, 5.41) is 11.0. The number of hydrogen-bond donors (Lipinski definition) is 2. The molecule has 5 aromatic rings. The molecule has 30 heavy (non-hydrogen) atoms. The van der Waals surface area contributed by atoms with Crippen molar-refractivity contribution in [3.63, 3.8) is 0 Å². The van der Waals surface area contributed by atoms with Crippen molar-refractivity contribution in [1.82, 2.24) is 25.0 Å². The van der Waals surface area contributed by atoms with Crippen LogP contribution in [0.25, 0.3) is 33.3 Å². The molecule has 0 saturated heterocycles. The molecular weight excluding hydrogens is 380 g/mol. The number of imidazole rings is 1. The molecule has 146 valence electrons. The zero-order valence-electron chi connectivity index (χ0n) is 15.7. The van der Waals surface area contributed by atoms with E-state index in [1.165, 1.54) is 0 Å². The van der Waals surface area contributed by atoms with Gasteiger partial charge in [0, 0.05) is 11.3 Å². The van der Waals surface area contributed by atoms with Crippen molar-refractivity contribution in [3.05, 3.63) is 83.2 Å². The number of benzene rings is 3. The Kier molecular flexibility index (Phi) is 4.29. The number of carbonyl (C=O) groups is 1. The van der Waals surface area contributed by atoms with Crippen LogP contribution >= 0.6 is 0 Å². The van der Waals surface area contributed by atoms with Gasteiger partial charge in [0.15, 0.2) is 0 Å². The first-order valence-corrected chi connectivity index (χ1v) is 9.35. The predicted octanol–water partition coefficient (Wildman–Crippen LogP) is 2.97. The van der Waals surface area contributed by atoms with E-state index in [9.17, 15) is 9.59 Å². The van der Waals surface area contributed by atoms with Crippen LogP contribution in [0.3, 0.4) is 0 Å². The summed E-state index contributed by atoms with van der Waals surface area (Å²) in [5.41, 5.74) is 3.53. The normalized spacial score (nSPS) is 11.1. The fourth-order valence-electron chi connectivity index (χ4n) is 3.26. The van der Waals surface area contributed by atoms with Crippen molar-refractivity contribution in [2.45, 2.75) is 6.54 Å². The maximum atomic E-state index is 12.5. The first-order chi connectivity index (χ1) is 14.7. The maximum absolute atomic E-state index is 12.5. The van der Waals surface area contributed by atoms with Crippen LogP contribution < -0.4 is 10.9 Å². The summed E-state index contributed by atoms with van der Waals surface area (Å²) in [4.78, 5) is 32.7. The molecule has 0 fully saturated rings. The van der Waals surface area contributed by atoms with E-state index in [4.69, 9.17) is 0 Å². The molecule has 5 rings (SSSR count). The van der Waals surface area contributed by atoms with Gasteiger partial charge in [0.1, 0.15) is 17.9 Å². The Morgan fingerprint density at radius 2 is 1.67 bits per heavy atom. The van der Waals surface area contributed by atoms with Gasteiger partial charge in [0.05, 0.1) is 16.4 Å². The third-order valence-electron chi connectivity index (χ3n) is 4.75. The van der Waals surface area contributed by atoms with E-state index < -0.39 is 0 Å². The maximum Gasteiger partial charge on any atom is 0.278 e. The second-order valence-electron chi connectivity index (χ2n) is 6.80. The minimum atomic E-state index is -0.363. The van der Waals surface area contributed by atoms with Crippen molar-refractivity contribution in [1.29, 1.82) is 0 Å². The molecule has 0 bridgehead atoms. The van der Waals surface area contributed by atoms with Crippen molar-refractivity contribution in [3.8, 4) is 11.4 Å². The van der Waals surface area contributed by atoms with Gasteiger partial charge in [-0.05, 0) is 48.5 Å². The number of anilines is 1. The molecule has 0 aliphatic rings. The minimum absolute atomic E-state index is 0.220. The van der Waals surface area contributed by atoms with Crippen molar-refractivity contribution in [2.24, 2.45) is 0 Å². The van der Waals surface area contributed by atoms with Gasteiger partial charge < -0.3 is 10.3 Å². The number of aromatic amines is 1. The summed E-state index contributed by atoms with van der Waals surface area (Å²) in [6, 6.07) is 22.0. The molecule has 0 aliphatic heterocycles. The third-order valence-corrected chi connectivity index (χ3v) is 4.75. The lowest BCUT2D eigenvalue weighted by atomic mass is 10.2. The molecule has 8 nitrogen and oxygen atoms in total. The molecule has 0 radical (unpaired) electrons. The Labute approximate surface area is 170 Å². The van der Waals surface area contributed by atoms with Crippen LogP contribution in [0, 0.1) is 0 Å². The largest absolute Gasteiger partial charge is 0.338 e. The molecular formula is C22H16N6O2. The Balaban J connectivity index is 1.32. The Hall–Kier alpha value is -4.33. The van der Waals surface area contributed by atoms with Gasteiger partial charge in [0.2, 0.25) is 5.91 Å². The van der Waals surface area contributed by atoms with E-state index >= 15 is 0 Å². The number of fused-ring (bicyclic) bond motifs is 2. The molecule has 3 aromatic carbocycles. The molecule has 0 saturated carbocycles. The van der Waals surface area contributed by atoms with E-state index in [-0.39, 0.29) is 18.0 Å². The van der Waals surface area contributed by atoms with Crippen molar-refractivity contribution < 1.29 is 4.79 Å². The lowest BCUT2D eigenvalue weighted by Crippen LogP contribution is -2.30. The average Bonchev–Trinajstić information content (AvgIpc) is 3.21. The number of rotatable bonds is 4. The molecule has 2 aromatic heterocycles. The number of nitrogens with zero attached hydrogens (tertiary/aromatic N) is 4. The minimum Gasteiger partial charge on any atom is -0.338 e.